The molecule has 0 aliphatic rings. The fourth-order valence-corrected chi connectivity index (χ4v) is 2.14. The predicted octanol–water partition coefficient (Wildman–Crippen LogP) is 1.23. The van der Waals surface area contributed by atoms with E-state index in [0.29, 0.717) is 17.6 Å². The first kappa shape index (κ1) is 14.2. The summed E-state index contributed by atoms with van der Waals surface area (Å²) in [7, 11) is 0. The van der Waals surface area contributed by atoms with Crippen LogP contribution in [-0.4, -0.2) is 38.3 Å². The number of nitrogens with two attached hydrogens (primary N) is 1. The van der Waals surface area contributed by atoms with Crippen LogP contribution in [0, 0.1) is 0 Å². The summed E-state index contributed by atoms with van der Waals surface area (Å²) in [5.41, 5.74) is 0.783. The van der Waals surface area contributed by atoms with E-state index in [1.807, 2.05) is 31.2 Å². The van der Waals surface area contributed by atoms with E-state index in [0.717, 1.165) is 23.1 Å². The molecule has 0 unspecified atom stereocenters. The molecule has 2 aromatic rings. The number of thioether (sulfide) groups is 1. The lowest BCUT2D eigenvalue weighted by atomic mass is 10.2. The Kier molecular flexibility index (Phi) is 4.46. The first-order valence-corrected chi connectivity index (χ1v) is 6.88. The zero-order chi connectivity index (χ0) is 14.5. The molecule has 0 aliphatic heterocycles. The van der Waals surface area contributed by atoms with E-state index in [4.69, 9.17) is 15.7 Å². The second-order valence-corrected chi connectivity index (χ2v) is 4.76. The van der Waals surface area contributed by atoms with E-state index in [-0.39, 0.29) is 5.75 Å². The Balaban J connectivity index is 2.18. The lowest BCUT2D eigenvalue weighted by molar-refractivity contribution is -0.133. The van der Waals surface area contributed by atoms with Gasteiger partial charge in [-0.15, -0.1) is 10.2 Å². The van der Waals surface area contributed by atoms with Gasteiger partial charge in [0.05, 0.1) is 12.4 Å². The normalized spacial score (nSPS) is 10.4. The van der Waals surface area contributed by atoms with E-state index < -0.39 is 5.97 Å². The maximum atomic E-state index is 10.5. The number of benzene rings is 1. The Morgan fingerprint density at radius 1 is 1.40 bits per heavy atom. The maximum Gasteiger partial charge on any atom is 0.313 e. The van der Waals surface area contributed by atoms with Crippen molar-refractivity contribution in [1.29, 1.82) is 0 Å². The van der Waals surface area contributed by atoms with Crippen molar-refractivity contribution in [3.63, 3.8) is 0 Å². The third-order valence-electron chi connectivity index (χ3n) is 2.41. The third-order valence-corrected chi connectivity index (χ3v) is 3.34. The first-order valence-electron chi connectivity index (χ1n) is 5.90. The minimum absolute atomic E-state index is 0.112. The number of hydrogen-bond donors (Lipinski definition) is 2. The molecular weight excluding hydrogens is 280 g/mol. The molecule has 0 aliphatic carbocycles. The molecule has 1 heterocycles. The molecule has 0 bridgehead atoms. The monoisotopic (exact) mass is 294 g/mol. The Morgan fingerprint density at radius 3 is 2.70 bits per heavy atom. The molecule has 7 nitrogen and oxygen atoms in total. The highest BCUT2D eigenvalue weighted by Crippen LogP contribution is 2.23. The minimum atomic E-state index is -0.930. The number of aromatic nitrogens is 3. The number of hydrogen-bond acceptors (Lipinski definition) is 6. The quantitative estimate of drug-likeness (QED) is 0.610. The van der Waals surface area contributed by atoms with Crippen molar-refractivity contribution in [1.82, 2.24) is 14.9 Å². The molecule has 2 rings (SSSR count). The molecule has 0 amide bonds. The largest absolute Gasteiger partial charge is 0.494 e. The Bertz CT molecular complexity index is 597. The van der Waals surface area contributed by atoms with Crippen LogP contribution < -0.4 is 10.6 Å². The van der Waals surface area contributed by atoms with Crippen molar-refractivity contribution in [2.75, 3.05) is 18.2 Å². The van der Waals surface area contributed by atoms with Gasteiger partial charge in [0.1, 0.15) is 5.75 Å². The fraction of sp³-hybridized carbons (Fsp3) is 0.250. The average Bonchev–Trinajstić information content (AvgIpc) is 2.79. The fourth-order valence-electron chi connectivity index (χ4n) is 1.57. The molecule has 0 saturated carbocycles. The topological polar surface area (TPSA) is 103 Å². The molecule has 0 fully saturated rings. The Labute approximate surface area is 119 Å². The molecule has 106 valence electrons. The third kappa shape index (κ3) is 3.21. The first-order chi connectivity index (χ1) is 9.61. The molecule has 0 radical (unpaired) electrons. The number of ether oxygens (including phenoxy) is 1. The van der Waals surface area contributed by atoms with E-state index in [9.17, 15) is 4.79 Å². The number of aliphatic carboxylic acids is 1. The number of rotatable bonds is 6. The van der Waals surface area contributed by atoms with Gasteiger partial charge in [-0.25, -0.2) is 4.68 Å². The van der Waals surface area contributed by atoms with Crippen LogP contribution in [0.4, 0.5) is 0 Å². The van der Waals surface area contributed by atoms with Gasteiger partial charge in [-0.2, -0.15) is 0 Å². The molecule has 0 atom stereocenters. The van der Waals surface area contributed by atoms with Crippen molar-refractivity contribution in [2.24, 2.45) is 0 Å². The molecule has 1 aromatic heterocycles. The van der Waals surface area contributed by atoms with Crippen molar-refractivity contribution >= 4 is 17.7 Å². The highest BCUT2D eigenvalue weighted by molar-refractivity contribution is 7.99. The number of nitrogens with zero attached hydrogens (tertiary/aromatic N) is 3. The number of carboxylic acids is 1. The van der Waals surface area contributed by atoms with Gasteiger partial charge in [0, 0.05) is 5.56 Å². The summed E-state index contributed by atoms with van der Waals surface area (Å²) in [5, 5.41) is 16.8. The van der Waals surface area contributed by atoms with Crippen molar-refractivity contribution in [3.05, 3.63) is 24.3 Å². The van der Waals surface area contributed by atoms with Gasteiger partial charge >= 0.3 is 5.97 Å². The zero-order valence-electron chi connectivity index (χ0n) is 10.8. The SMILES string of the molecule is CCOc1ccc(-c2nnc(SCC(=O)O)n2N)cc1. The van der Waals surface area contributed by atoms with Crippen molar-refractivity contribution in [3.8, 4) is 17.1 Å². The van der Waals surface area contributed by atoms with Gasteiger partial charge in [-0.05, 0) is 31.2 Å². The second kappa shape index (κ2) is 6.29. The predicted molar refractivity (Wildman–Crippen MR) is 75.1 cm³/mol. The van der Waals surface area contributed by atoms with Crippen LogP contribution >= 0.6 is 11.8 Å². The van der Waals surface area contributed by atoms with Gasteiger partial charge in [-0.1, -0.05) is 11.8 Å². The summed E-state index contributed by atoms with van der Waals surface area (Å²) in [5.74, 6) is 6.06. The van der Waals surface area contributed by atoms with Crippen LogP contribution in [0.25, 0.3) is 11.4 Å². The molecule has 1 aromatic carbocycles. The second-order valence-electron chi connectivity index (χ2n) is 3.82. The lowest BCUT2D eigenvalue weighted by Gasteiger charge is -2.05. The lowest BCUT2D eigenvalue weighted by Crippen LogP contribution is -2.12. The van der Waals surface area contributed by atoms with Crippen LogP contribution in [0.1, 0.15) is 6.92 Å². The molecule has 0 saturated heterocycles. The summed E-state index contributed by atoms with van der Waals surface area (Å²) in [6.07, 6.45) is 0. The van der Waals surface area contributed by atoms with E-state index >= 15 is 0 Å². The molecule has 0 spiro atoms. The highest BCUT2D eigenvalue weighted by Gasteiger charge is 2.13. The van der Waals surface area contributed by atoms with E-state index in [1.54, 1.807) is 0 Å². The molecule has 20 heavy (non-hydrogen) atoms. The van der Waals surface area contributed by atoms with Crippen molar-refractivity contribution < 1.29 is 14.6 Å². The number of carboxylic acid groups (broad SMARTS) is 1. The zero-order valence-corrected chi connectivity index (χ0v) is 11.6. The van der Waals surface area contributed by atoms with Crippen LogP contribution in [0.2, 0.25) is 0 Å². The van der Waals surface area contributed by atoms with E-state index in [1.165, 1.54) is 4.68 Å². The average molecular weight is 294 g/mol. The minimum Gasteiger partial charge on any atom is -0.494 e. The summed E-state index contributed by atoms with van der Waals surface area (Å²) >= 11 is 1.02. The summed E-state index contributed by atoms with van der Waals surface area (Å²) < 4.78 is 6.63. The summed E-state index contributed by atoms with van der Waals surface area (Å²) in [4.78, 5) is 10.5. The van der Waals surface area contributed by atoms with Crippen molar-refractivity contribution in [2.45, 2.75) is 12.1 Å². The van der Waals surface area contributed by atoms with Gasteiger partial charge in [0.2, 0.25) is 5.16 Å². The molecule has 3 N–H and O–H groups in total. The van der Waals surface area contributed by atoms with Gasteiger partial charge in [-0.3, -0.25) is 4.79 Å². The standard InChI is InChI=1S/C12H14N4O3S/c1-2-19-9-5-3-8(4-6-9)11-14-15-12(16(11)13)20-7-10(17)18/h3-6H,2,7,13H2,1H3,(H,17,18). The van der Waals surface area contributed by atoms with Gasteiger partial charge in [0.25, 0.3) is 0 Å². The van der Waals surface area contributed by atoms with Gasteiger partial charge in [0.15, 0.2) is 5.82 Å². The Morgan fingerprint density at radius 2 is 2.10 bits per heavy atom. The van der Waals surface area contributed by atoms with Crippen LogP contribution in [0.15, 0.2) is 29.4 Å². The van der Waals surface area contributed by atoms with E-state index in [2.05, 4.69) is 10.2 Å². The van der Waals surface area contributed by atoms with Crippen LogP contribution in [0.3, 0.4) is 0 Å². The maximum absolute atomic E-state index is 10.5. The number of nitrogen functional groups attached to an aromatic ring is 1. The van der Waals surface area contributed by atoms with Crippen LogP contribution in [-0.2, 0) is 4.79 Å². The number of carbonyl (C=O) groups is 1. The van der Waals surface area contributed by atoms with Crippen LogP contribution in [0.5, 0.6) is 5.75 Å². The van der Waals surface area contributed by atoms with Gasteiger partial charge < -0.3 is 15.7 Å². The smallest absolute Gasteiger partial charge is 0.313 e. The highest BCUT2D eigenvalue weighted by atomic mass is 32.2. The molecular formula is C12H14N4O3S. The Hall–Kier alpha value is -2.22. The molecule has 8 heteroatoms. The summed E-state index contributed by atoms with van der Waals surface area (Å²) in [6.45, 7) is 2.51. The summed E-state index contributed by atoms with van der Waals surface area (Å²) in [6, 6.07) is 7.28.